The van der Waals surface area contributed by atoms with E-state index in [1.54, 1.807) is 19.2 Å². The minimum absolute atomic E-state index is 0.132. The number of phenols is 1. The number of phenolic OH excluding ortho intramolecular Hbond substituents is 1. The van der Waals surface area contributed by atoms with Gasteiger partial charge in [-0.15, -0.1) is 0 Å². The third-order valence-corrected chi connectivity index (χ3v) is 8.62. The summed E-state index contributed by atoms with van der Waals surface area (Å²) < 4.78 is 11.6. The van der Waals surface area contributed by atoms with Crippen molar-refractivity contribution < 1.29 is 14.6 Å². The predicted molar refractivity (Wildman–Crippen MR) is 196 cm³/mol. The van der Waals surface area contributed by atoms with Crippen molar-refractivity contribution >= 4 is 6.08 Å². The molecule has 0 aromatic heterocycles. The first-order chi connectivity index (χ1) is 21.4. The van der Waals surface area contributed by atoms with Gasteiger partial charge < -0.3 is 14.6 Å². The highest BCUT2D eigenvalue weighted by molar-refractivity contribution is 5.65. The molecule has 0 bridgehead atoms. The molecule has 1 unspecified atom stereocenters. The molecule has 0 aliphatic carbocycles. The molecular formula is C42H62O3. The lowest BCUT2D eigenvalue weighted by atomic mass is 9.94. The van der Waals surface area contributed by atoms with Crippen LogP contribution < -0.4 is 9.47 Å². The molecule has 0 amide bonds. The van der Waals surface area contributed by atoms with Crippen LogP contribution in [0.5, 0.6) is 17.2 Å². The number of hydrogen-bond acceptors (Lipinski definition) is 3. The van der Waals surface area contributed by atoms with Gasteiger partial charge in [-0.2, -0.15) is 0 Å². The van der Waals surface area contributed by atoms with Crippen molar-refractivity contribution in [1.29, 1.82) is 0 Å². The molecule has 248 valence electrons. The van der Waals surface area contributed by atoms with E-state index in [0.29, 0.717) is 5.75 Å². The van der Waals surface area contributed by atoms with Gasteiger partial charge in [-0.1, -0.05) is 76.0 Å². The molecule has 0 radical (unpaired) electrons. The summed E-state index contributed by atoms with van der Waals surface area (Å²) in [5.74, 6) is 1.32. The van der Waals surface area contributed by atoms with Gasteiger partial charge >= 0.3 is 0 Å². The summed E-state index contributed by atoms with van der Waals surface area (Å²) in [5, 5.41) is 10.0. The van der Waals surface area contributed by atoms with Gasteiger partial charge in [-0.3, -0.25) is 0 Å². The number of aromatic hydroxyl groups is 1. The number of allylic oxidation sites excluding steroid dienone is 12. The Kier molecular flexibility index (Phi) is 16.9. The lowest BCUT2D eigenvalue weighted by Gasteiger charge is -2.31. The SMILES string of the molecule is COc1cc2c(cc1O)C=CC(C)(CCC=C(C)CCC=C(C)CCC=C(C)CCC=C(C)CCC=C(C)CCC=C(C)C)O2. The highest BCUT2D eigenvalue weighted by Crippen LogP contribution is 2.40. The van der Waals surface area contributed by atoms with Crippen LogP contribution in [0.25, 0.3) is 6.08 Å². The zero-order valence-corrected chi connectivity index (χ0v) is 30.0. The second-order valence-corrected chi connectivity index (χ2v) is 13.6. The Morgan fingerprint density at radius 2 is 1.09 bits per heavy atom. The van der Waals surface area contributed by atoms with Crippen molar-refractivity contribution in [3.8, 4) is 17.2 Å². The highest BCUT2D eigenvalue weighted by Gasteiger charge is 2.27. The van der Waals surface area contributed by atoms with E-state index in [1.807, 2.05) is 6.08 Å². The second kappa shape index (κ2) is 20.0. The van der Waals surface area contributed by atoms with Crippen LogP contribution in [-0.2, 0) is 0 Å². The number of ether oxygens (including phenoxy) is 2. The van der Waals surface area contributed by atoms with Crippen molar-refractivity contribution in [3.63, 3.8) is 0 Å². The normalized spacial score (nSPS) is 17.7. The van der Waals surface area contributed by atoms with E-state index >= 15 is 0 Å². The third kappa shape index (κ3) is 15.6. The van der Waals surface area contributed by atoms with Gasteiger partial charge in [0.25, 0.3) is 0 Å². The Morgan fingerprint density at radius 3 is 1.51 bits per heavy atom. The first-order valence-corrected chi connectivity index (χ1v) is 17.1. The van der Waals surface area contributed by atoms with Crippen molar-refractivity contribution in [3.05, 3.63) is 93.7 Å². The monoisotopic (exact) mass is 614 g/mol. The Morgan fingerprint density at radius 1 is 0.667 bits per heavy atom. The van der Waals surface area contributed by atoms with Crippen LogP contribution in [0.2, 0.25) is 0 Å². The second-order valence-electron chi connectivity index (χ2n) is 13.6. The Labute approximate surface area is 276 Å². The van der Waals surface area contributed by atoms with Crippen LogP contribution in [0.15, 0.2) is 88.1 Å². The number of benzene rings is 1. The van der Waals surface area contributed by atoms with Crippen molar-refractivity contribution in [2.45, 2.75) is 138 Å². The van der Waals surface area contributed by atoms with E-state index in [4.69, 9.17) is 9.47 Å². The van der Waals surface area contributed by atoms with Gasteiger partial charge in [0.15, 0.2) is 11.5 Å². The lowest BCUT2D eigenvalue weighted by Crippen LogP contribution is -2.31. The fourth-order valence-electron chi connectivity index (χ4n) is 5.52. The van der Waals surface area contributed by atoms with Gasteiger partial charge in [0, 0.05) is 11.6 Å². The van der Waals surface area contributed by atoms with Crippen LogP contribution in [-0.4, -0.2) is 17.8 Å². The zero-order valence-electron chi connectivity index (χ0n) is 30.0. The molecule has 45 heavy (non-hydrogen) atoms. The first-order valence-electron chi connectivity index (χ1n) is 17.1. The Hall–Kier alpha value is -3.20. The van der Waals surface area contributed by atoms with Crippen LogP contribution >= 0.6 is 0 Å². The number of hydrogen-bond donors (Lipinski definition) is 1. The van der Waals surface area contributed by atoms with E-state index in [9.17, 15) is 5.11 Å². The van der Waals surface area contributed by atoms with Crippen molar-refractivity contribution in [2.75, 3.05) is 7.11 Å². The molecule has 1 atom stereocenters. The minimum Gasteiger partial charge on any atom is -0.504 e. The topological polar surface area (TPSA) is 38.7 Å². The van der Waals surface area contributed by atoms with Gasteiger partial charge in [0.05, 0.1) is 7.11 Å². The standard InChI is InChI=1S/C42H62O3/c1-32(2)16-10-17-33(3)18-11-19-34(4)20-12-21-35(5)22-13-23-36(6)24-14-25-37(7)26-15-28-42(8)29-27-38-30-39(43)41(44-9)31-40(38)45-42/h16,18,20,22,24,26-27,29-31,43H,10-15,17,19,21,23,25,28H2,1-9H3. The van der Waals surface area contributed by atoms with E-state index in [2.05, 4.69) is 97.9 Å². The molecule has 0 fully saturated rings. The lowest BCUT2D eigenvalue weighted by molar-refractivity contribution is 0.128. The average Bonchev–Trinajstić information content (AvgIpc) is 2.97. The summed E-state index contributed by atoms with van der Waals surface area (Å²) in [6.07, 6.45) is 31.8. The minimum atomic E-state index is -0.370. The van der Waals surface area contributed by atoms with Gasteiger partial charge in [-0.05, 0) is 145 Å². The van der Waals surface area contributed by atoms with Gasteiger partial charge in [0.1, 0.15) is 11.4 Å². The maximum Gasteiger partial charge on any atom is 0.164 e. The predicted octanol–water partition coefficient (Wildman–Crippen LogP) is 12.9. The highest BCUT2D eigenvalue weighted by atomic mass is 16.5. The van der Waals surface area contributed by atoms with Crippen molar-refractivity contribution in [2.24, 2.45) is 0 Å². The summed E-state index contributed by atoms with van der Waals surface area (Å²) in [6.45, 7) is 17.8. The Balaban J connectivity index is 1.64. The smallest absolute Gasteiger partial charge is 0.164 e. The summed E-state index contributed by atoms with van der Waals surface area (Å²) >= 11 is 0. The summed E-state index contributed by atoms with van der Waals surface area (Å²) in [4.78, 5) is 0. The maximum atomic E-state index is 10.0. The first kappa shape index (κ1) is 38.0. The van der Waals surface area contributed by atoms with Crippen LogP contribution in [0.1, 0.15) is 138 Å². The van der Waals surface area contributed by atoms with Crippen LogP contribution in [0, 0.1) is 0 Å². The van der Waals surface area contributed by atoms with Gasteiger partial charge in [-0.25, -0.2) is 0 Å². The molecular weight excluding hydrogens is 552 g/mol. The molecule has 1 heterocycles. The quantitative estimate of drug-likeness (QED) is 0.158. The number of fused-ring (bicyclic) bond motifs is 1. The molecule has 1 aromatic carbocycles. The number of rotatable bonds is 19. The third-order valence-electron chi connectivity index (χ3n) is 8.62. The van der Waals surface area contributed by atoms with E-state index < -0.39 is 0 Å². The molecule has 0 saturated heterocycles. The zero-order chi connectivity index (χ0) is 33.2. The summed E-state index contributed by atoms with van der Waals surface area (Å²) in [6, 6.07) is 3.46. The molecule has 1 N–H and O–H groups in total. The number of methoxy groups -OCH3 is 1. The van der Waals surface area contributed by atoms with E-state index in [1.165, 1.54) is 46.3 Å². The van der Waals surface area contributed by atoms with E-state index in [0.717, 1.165) is 75.5 Å². The summed E-state index contributed by atoms with van der Waals surface area (Å²) in [5.41, 5.74) is 9.37. The van der Waals surface area contributed by atoms with E-state index in [-0.39, 0.29) is 11.4 Å². The molecule has 0 spiro atoms. The molecule has 3 nitrogen and oxygen atoms in total. The maximum absolute atomic E-state index is 10.0. The molecule has 1 aliphatic rings. The molecule has 3 heteroatoms. The fourth-order valence-corrected chi connectivity index (χ4v) is 5.52. The Bertz CT molecular complexity index is 1290. The van der Waals surface area contributed by atoms with Crippen LogP contribution in [0.3, 0.4) is 0 Å². The molecule has 1 aromatic rings. The molecule has 0 saturated carbocycles. The van der Waals surface area contributed by atoms with Crippen LogP contribution in [0.4, 0.5) is 0 Å². The largest absolute Gasteiger partial charge is 0.504 e. The molecule has 2 rings (SSSR count). The van der Waals surface area contributed by atoms with Gasteiger partial charge in [0.2, 0.25) is 0 Å². The van der Waals surface area contributed by atoms with Crippen molar-refractivity contribution in [1.82, 2.24) is 0 Å². The fraction of sp³-hybridized carbons (Fsp3) is 0.524. The molecule has 1 aliphatic heterocycles. The average molecular weight is 615 g/mol. The summed E-state index contributed by atoms with van der Waals surface area (Å²) in [7, 11) is 1.56.